The second-order valence-corrected chi connectivity index (χ2v) is 5.55. The molecule has 0 saturated heterocycles. The lowest BCUT2D eigenvalue weighted by molar-refractivity contribution is -0.140. The molecule has 2 atom stereocenters. The highest BCUT2D eigenvalue weighted by atomic mass is 35.5. The third-order valence-electron chi connectivity index (χ3n) is 3.22. The molecule has 0 aromatic heterocycles. The van der Waals surface area contributed by atoms with Gasteiger partial charge in [-0.25, -0.2) is 0 Å². The summed E-state index contributed by atoms with van der Waals surface area (Å²) < 4.78 is 0. The third-order valence-corrected chi connectivity index (χ3v) is 3.78. The van der Waals surface area contributed by atoms with Crippen LogP contribution in [0.5, 0.6) is 0 Å². The molecule has 1 saturated carbocycles. The number of carboxylic acid groups (broad SMARTS) is 1. The van der Waals surface area contributed by atoms with Crippen molar-refractivity contribution < 1.29 is 9.90 Å². The van der Waals surface area contributed by atoms with E-state index in [-0.39, 0.29) is 12.0 Å². The Morgan fingerprint density at radius 2 is 2.11 bits per heavy atom. The summed E-state index contributed by atoms with van der Waals surface area (Å²) in [4.78, 5) is 11.2. The van der Waals surface area contributed by atoms with Crippen molar-refractivity contribution in [3.8, 4) is 0 Å². The molecule has 2 rings (SSSR count). The molecule has 2 N–H and O–H groups in total. The molecule has 1 aromatic carbocycles. The molecule has 1 aliphatic rings. The Kier molecular flexibility index (Phi) is 4.15. The third kappa shape index (κ3) is 3.16. The van der Waals surface area contributed by atoms with Gasteiger partial charge in [-0.05, 0) is 43.4 Å². The smallest absolute Gasteiger partial charge is 0.320 e. The fraction of sp³-hybridized carbons (Fsp3) is 0.462. The number of hydrogen-bond acceptors (Lipinski definition) is 2. The van der Waals surface area contributed by atoms with E-state index in [4.69, 9.17) is 23.2 Å². The number of rotatable bonds is 5. The van der Waals surface area contributed by atoms with E-state index in [9.17, 15) is 9.90 Å². The van der Waals surface area contributed by atoms with Gasteiger partial charge >= 0.3 is 5.97 Å². The molecule has 0 amide bonds. The zero-order valence-corrected chi connectivity index (χ0v) is 11.5. The highest BCUT2D eigenvalue weighted by Crippen LogP contribution is 2.34. The summed E-state index contributed by atoms with van der Waals surface area (Å²) in [5.41, 5.74) is 0.868. The monoisotopic (exact) mass is 287 g/mol. The van der Waals surface area contributed by atoms with E-state index >= 15 is 0 Å². The number of aliphatic carboxylic acids is 1. The number of nitrogens with one attached hydrogen (secondary N) is 1. The molecule has 0 radical (unpaired) electrons. The second-order valence-electron chi connectivity index (χ2n) is 4.71. The van der Waals surface area contributed by atoms with Crippen LogP contribution in [0.3, 0.4) is 0 Å². The average molecular weight is 288 g/mol. The van der Waals surface area contributed by atoms with E-state index in [1.165, 1.54) is 0 Å². The van der Waals surface area contributed by atoms with Crippen LogP contribution in [0.1, 0.15) is 31.4 Å². The van der Waals surface area contributed by atoms with Crippen LogP contribution in [0.25, 0.3) is 0 Å². The molecule has 98 valence electrons. The van der Waals surface area contributed by atoms with Gasteiger partial charge in [0.2, 0.25) is 0 Å². The lowest BCUT2D eigenvalue weighted by atomic mass is 10.1. The Morgan fingerprint density at radius 3 is 2.61 bits per heavy atom. The van der Waals surface area contributed by atoms with E-state index in [0.29, 0.717) is 10.0 Å². The first-order chi connectivity index (χ1) is 8.49. The van der Waals surface area contributed by atoms with E-state index in [1.807, 2.05) is 13.0 Å². The number of carboxylic acids is 1. The topological polar surface area (TPSA) is 49.3 Å². The van der Waals surface area contributed by atoms with Crippen molar-refractivity contribution in [2.24, 2.45) is 5.92 Å². The summed E-state index contributed by atoms with van der Waals surface area (Å²) in [5, 5.41) is 13.4. The molecule has 5 heteroatoms. The molecule has 0 aliphatic heterocycles. The number of hydrogen-bond donors (Lipinski definition) is 2. The lowest BCUT2D eigenvalue weighted by Gasteiger charge is -2.21. The maximum absolute atomic E-state index is 11.2. The van der Waals surface area contributed by atoms with Gasteiger partial charge in [-0.1, -0.05) is 29.3 Å². The molecule has 1 aromatic rings. The summed E-state index contributed by atoms with van der Waals surface area (Å²) in [6, 6.07) is 4.65. The zero-order valence-electron chi connectivity index (χ0n) is 9.99. The molecule has 1 aliphatic carbocycles. The standard InChI is InChI=1S/C13H15Cl2NO2/c1-7(10-5-4-9(14)6-11(10)15)16-12(13(17)18)8-2-3-8/h4-8,12,16H,2-3H2,1H3,(H,17,18). The van der Waals surface area contributed by atoms with Crippen LogP contribution in [0, 0.1) is 5.92 Å². The Hall–Kier alpha value is -0.770. The molecule has 0 bridgehead atoms. The van der Waals surface area contributed by atoms with Gasteiger partial charge in [0, 0.05) is 16.1 Å². The quantitative estimate of drug-likeness (QED) is 0.871. The summed E-state index contributed by atoms with van der Waals surface area (Å²) in [6.45, 7) is 1.91. The van der Waals surface area contributed by atoms with Crippen molar-refractivity contribution in [2.75, 3.05) is 0 Å². The molecule has 0 heterocycles. The predicted molar refractivity (Wildman–Crippen MR) is 72.2 cm³/mol. The van der Waals surface area contributed by atoms with Gasteiger partial charge < -0.3 is 5.11 Å². The van der Waals surface area contributed by atoms with Crippen LogP contribution < -0.4 is 5.32 Å². The maximum atomic E-state index is 11.2. The minimum Gasteiger partial charge on any atom is -0.480 e. The van der Waals surface area contributed by atoms with Gasteiger partial charge in [-0.15, -0.1) is 0 Å². The first kappa shape index (κ1) is 13.7. The Balaban J connectivity index is 2.10. The van der Waals surface area contributed by atoms with Gasteiger partial charge in [-0.3, -0.25) is 10.1 Å². The van der Waals surface area contributed by atoms with Crippen molar-refractivity contribution in [2.45, 2.75) is 31.8 Å². The molecule has 3 nitrogen and oxygen atoms in total. The number of benzene rings is 1. The zero-order chi connectivity index (χ0) is 13.3. The minimum absolute atomic E-state index is 0.114. The first-order valence-electron chi connectivity index (χ1n) is 5.93. The highest BCUT2D eigenvalue weighted by Gasteiger charge is 2.37. The van der Waals surface area contributed by atoms with Gasteiger partial charge in [0.15, 0.2) is 0 Å². The molecular weight excluding hydrogens is 273 g/mol. The fourth-order valence-electron chi connectivity index (χ4n) is 2.05. The minimum atomic E-state index is -0.797. The van der Waals surface area contributed by atoms with Crippen LogP contribution in [0.4, 0.5) is 0 Å². The molecule has 0 spiro atoms. The average Bonchev–Trinajstić information content (AvgIpc) is 3.08. The van der Waals surface area contributed by atoms with Crippen molar-refractivity contribution in [3.05, 3.63) is 33.8 Å². The van der Waals surface area contributed by atoms with Gasteiger partial charge in [0.25, 0.3) is 0 Å². The first-order valence-corrected chi connectivity index (χ1v) is 6.68. The van der Waals surface area contributed by atoms with Crippen molar-refractivity contribution >= 4 is 29.2 Å². The predicted octanol–water partition coefficient (Wildman–Crippen LogP) is 3.51. The second kappa shape index (κ2) is 5.47. The SMILES string of the molecule is CC(NC(C(=O)O)C1CC1)c1ccc(Cl)cc1Cl. The van der Waals surface area contributed by atoms with Crippen LogP contribution in [0.2, 0.25) is 10.0 Å². The maximum Gasteiger partial charge on any atom is 0.320 e. The van der Waals surface area contributed by atoms with Crippen molar-refractivity contribution in [1.82, 2.24) is 5.32 Å². The van der Waals surface area contributed by atoms with Crippen LogP contribution in [-0.4, -0.2) is 17.1 Å². The van der Waals surface area contributed by atoms with E-state index in [1.54, 1.807) is 12.1 Å². The van der Waals surface area contributed by atoms with E-state index in [0.717, 1.165) is 18.4 Å². The molecule has 2 unspecified atom stereocenters. The van der Waals surface area contributed by atoms with Gasteiger partial charge in [0.1, 0.15) is 6.04 Å². The summed E-state index contributed by atoms with van der Waals surface area (Å²) in [5.74, 6) is -0.550. The Bertz CT molecular complexity index is 460. The van der Waals surface area contributed by atoms with Gasteiger partial charge in [-0.2, -0.15) is 0 Å². The molecular formula is C13H15Cl2NO2. The van der Waals surface area contributed by atoms with Crippen molar-refractivity contribution in [3.63, 3.8) is 0 Å². The van der Waals surface area contributed by atoms with E-state index in [2.05, 4.69) is 5.32 Å². The Morgan fingerprint density at radius 1 is 1.44 bits per heavy atom. The van der Waals surface area contributed by atoms with Crippen LogP contribution in [-0.2, 0) is 4.79 Å². The van der Waals surface area contributed by atoms with Crippen LogP contribution in [0.15, 0.2) is 18.2 Å². The number of halogens is 2. The Labute approximate surface area is 116 Å². The summed E-state index contributed by atoms with van der Waals surface area (Å²) in [7, 11) is 0. The lowest BCUT2D eigenvalue weighted by Crippen LogP contribution is -2.40. The summed E-state index contributed by atoms with van der Waals surface area (Å²) >= 11 is 12.0. The van der Waals surface area contributed by atoms with E-state index < -0.39 is 12.0 Å². The van der Waals surface area contributed by atoms with Crippen molar-refractivity contribution in [1.29, 1.82) is 0 Å². The molecule has 1 fully saturated rings. The molecule has 18 heavy (non-hydrogen) atoms. The fourth-order valence-corrected chi connectivity index (χ4v) is 2.62. The summed E-state index contributed by atoms with van der Waals surface area (Å²) in [6.07, 6.45) is 1.95. The normalized spacial score (nSPS) is 18.4. The highest BCUT2D eigenvalue weighted by molar-refractivity contribution is 6.35. The van der Waals surface area contributed by atoms with Gasteiger partial charge in [0.05, 0.1) is 0 Å². The number of carbonyl (C=O) groups is 1. The van der Waals surface area contributed by atoms with Crippen LogP contribution >= 0.6 is 23.2 Å². The largest absolute Gasteiger partial charge is 0.480 e.